The highest BCUT2D eigenvalue weighted by Gasteiger charge is 2.42. The molecule has 1 amide bonds. The molecule has 0 saturated carbocycles. The summed E-state index contributed by atoms with van der Waals surface area (Å²) in [7, 11) is 3.00. The van der Waals surface area contributed by atoms with E-state index in [0.717, 1.165) is 12.8 Å². The molecule has 1 aromatic carbocycles. The molecule has 2 aliphatic heterocycles. The van der Waals surface area contributed by atoms with Gasteiger partial charge in [-0.1, -0.05) is 5.92 Å². The van der Waals surface area contributed by atoms with Gasteiger partial charge in [-0.15, -0.1) is 0 Å². The first-order valence-electron chi connectivity index (χ1n) is 12.7. The second kappa shape index (κ2) is 11.5. The number of alkyl halides is 4. The van der Waals surface area contributed by atoms with Crippen molar-refractivity contribution in [1.82, 2.24) is 20.0 Å². The second-order valence-corrected chi connectivity index (χ2v) is 10.6. The van der Waals surface area contributed by atoms with Crippen LogP contribution in [-0.2, 0) is 0 Å². The normalized spacial score (nSPS) is 21.9. The average Bonchev–Trinajstić information content (AvgIpc) is 3.50. The molecule has 5 rings (SSSR count). The summed E-state index contributed by atoms with van der Waals surface area (Å²) in [6.07, 6.45) is 2.60. The van der Waals surface area contributed by atoms with Crippen molar-refractivity contribution in [2.75, 3.05) is 31.3 Å². The number of pyridine rings is 1. The van der Waals surface area contributed by atoms with E-state index in [4.69, 9.17) is 4.74 Å². The molecule has 3 aromatic rings. The topological polar surface area (TPSA) is 91.7 Å². The number of rotatable bonds is 7. The lowest BCUT2D eigenvalue weighted by molar-refractivity contribution is -0.0330. The molecule has 212 valence electrons. The highest BCUT2D eigenvalue weighted by molar-refractivity contribution is 8.00. The number of benzene rings is 1. The Morgan fingerprint density at radius 3 is 2.85 bits per heavy atom. The van der Waals surface area contributed by atoms with E-state index in [-0.39, 0.29) is 52.7 Å². The highest BCUT2D eigenvalue weighted by atomic mass is 32.2. The van der Waals surface area contributed by atoms with E-state index in [9.17, 15) is 18.0 Å². The van der Waals surface area contributed by atoms with Crippen molar-refractivity contribution < 1.29 is 27.1 Å². The Morgan fingerprint density at radius 1 is 1.27 bits per heavy atom. The number of methoxy groups -OCH3 is 1. The molecule has 2 aromatic heterocycles. The van der Waals surface area contributed by atoms with Crippen LogP contribution in [0.2, 0.25) is 0 Å². The fourth-order valence-electron chi connectivity index (χ4n) is 5.19. The predicted octanol–water partition coefficient (Wildman–Crippen LogP) is 4.42. The molecule has 13 heteroatoms. The quantitative estimate of drug-likeness (QED) is 0.188. The number of nitrogens with zero attached hydrogens (tertiary/aromatic N) is 2. The van der Waals surface area contributed by atoms with Crippen LogP contribution in [0.4, 0.5) is 28.9 Å². The summed E-state index contributed by atoms with van der Waals surface area (Å²) in [6.45, 7) is 0.0457. The number of carbonyl (C=O) groups is 1. The van der Waals surface area contributed by atoms with Gasteiger partial charge in [-0.3, -0.25) is 9.20 Å². The SMILES string of the molecule is CNC(=O)c1ccc(OC)c(NCC#Cc2nc3c(N[C@@H]4C[C@H]5CC[C@H](N5)[C@@H]4F)cccn3c2SC(F)(F)F)c1. The molecule has 0 aliphatic carbocycles. The number of aromatic nitrogens is 2. The van der Waals surface area contributed by atoms with Crippen LogP contribution in [0.25, 0.3) is 5.65 Å². The van der Waals surface area contributed by atoms with Crippen LogP contribution >= 0.6 is 11.8 Å². The van der Waals surface area contributed by atoms with Gasteiger partial charge in [0.05, 0.1) is 31.1 Å². The van der Waals surface area contributed by atoms with Crippen LogP contribution in [0.5, 0.6) is 5.75 Å². The van der Waals surface area contributed by atoms with Crippen LogP contribution in [0.1, 0.15) is 35.3 Å². The van der Waals surface area contributed by atoms with Crippen molar-refractivity contribution >= 4 is 34.7 Å². The number of ether oxygens (including phenoxy) is 1. The molecular formula is C27H28F4N6O2S. The number of fused-ring (bicyclic) bond motifs is 3. The van der Waals surface area contributed by atoms with E-state index in [0.29, 0.717) is 29.1 Å². The zero-order valence-corrected chi connectivity index (χ0v) is 22.5. The number of halogens is 4. The summed E-state index contributed by atoms with van der Waals surface area (Å²) in [5, 5.41) is 11.9. The Morgan fingerprint density at radius 2 is 2.10 bits per heavy atom. The zero-order chi connectivity index (χ0) is 28.4. The lowest BCUT2D eigenvalue weighted by Gasteiger charge is -2.33. The van der Waals surface area contributed by atoms with Crippen molar-refractivity contribution in [2.24, 2.45) is 0 Å². The van der Waals surface area contributed by atoms with Crippen molar-refractivity contribution in [3.63, 3.8) is 0 Å². The van der Waals surface area contributed by atoms with Crippen LogP contribution in [0.15, 0.2) is 41.6 Å². The molecule has 8 nitrogen and oxygen atoms in total. The molecule has 40 heavy (non-hydrogen) atoms. The number of anilines is 2. The number of carbonyl (C=O) groups excluding carboxylic acids is 1. The van der Waals surface area contributed by atoms with Gasteiger partial charge >= 0.3 is 5.51 Å². The number of nitrogens with one attached hydrogen (secondary N) is 4. The van der Waals surface area contributed by atoms with Crippen molar-refractivity contribution in [3.05, 3.63) is 47.8 Å². The smallest absolute Gasteiger partial charge is 0.447 e. The molecule has 4 heterocycles. The van der Waals surface area contributed by atoms with Gasteiger partial charge in [0, 0.05) is 42.7 Å². The van der Waals surface area contributed by atoms with Crippen LogP contribution in [-0.4, -0.2) is 65.8 Å². The van der Waals surface area contributed by atoms with E-state index >= 15 is 4.39 Å². The third-order valence-electron chi connectivity index (χ3n) is 7.01. The van der Waals surface area contributed by atoms with Crippen molar-refractivity contribution in [2.45, 2.75) is 54.1 Å². The number of amides is 1. The monoisotopic (exact) mass is 576 g/mol. The Labute approximate surface area is 232 Å². The van der Waals surface area contributed by atoms with Gasteiger partial charge in [0.15, 0.2) is 5.65 Å². The minimum absolute atomic E-state index is 0.0457. The van der Waals surface area contributed by atoms with Gasteiger partial charge < -0.3 is 26.0 Å². The number of hydrogen-bond acceptors (Lipinski definition) is 7. The van der Waals surface area contributed by atoms with E-state index < -0.39 is 17.7 Å². The maximum atomic E-state index is 15.1. The van der Waals surface area contributed by atoms with Crippen molar-refractivity contribution in [3.8, 4) is 17.6 Å². The Hall–Kier alpha value is -3.63. The molecule has 4 N–H and O–H groups in total. The van der Waals surface area contributed by atoms with E-state index in [1.807, 2.05) is 0 Å². The van der Waals surface area contributed by atoms with Gasteiger partial charge in [-0.25, -0.2) is 9.37 Å². The lowest BCUT2D eigenvalue weighted by Crippen LogP contribution is -2.52. The molecule has 0 spiro atoms. The van der Waals surface area contributed by atoms with Gasteiger partial charge in [-0.05, 0) is 55.5 Å². The zero-order valence-electron chi connectivity index (χ0n) is 21.7. The fraction of sp³-hybridized carbons (Fsp3) is 0.407. The Balaban J connectivity index is 1.41. The molecule has 2 fully saturated rings. The first-order chi connectivity index (χ1) is 19.2. The largest absolute Gasteiger partial charge is 0.495 e. The van der Waals surface area contributed by atoms with Gasteiger partial charge in [0.25, 0.3) is 5.91 Å². The third-order valence-corrected chi connectivity index (χ3v) is 7.82. The molecule has 2 bridgehead atoms. The summed E-state index contributed by atoms with van der Waals surface area (Å²) in [6, 6.07) is 7.64. The predicted molar refractivity (Wildman–Crippen MR) is 146 cm³/mol. The molecular weight excluding hydrogens is 548 g/mol. The summed E-state index contributed by atoms with van der Waals surface area (Å²) >= 11 is -0.301. The molecule has 2 aliphatic rings. The Kier molecular flexibility index (Phi) is 8.00. The molecule has 0 unspecified atom stereocenters. The lowest BCUT2D eigenvalue weighted by atomic mass is 9.97. The van der Waals surface area contributed by atoms with E-state index in [1.54, 1.807) is 30.3 Å². The standard InChI is InChI=1S/C27H28F4N6O2S/c1-32-25(38)15-7-10-22(39-2)20(13-15)33-11-3-5-19-26(40-27(29,30)31)37-12-4-6-18(24(37)36-19)35-21-14-16-8-9-17(34-16)23(21)28/h4,6-7,10,12-13,16-17,21,23,33-35H,8-9,11,14H2,1-2H3,(H,32,38)/t16-,17+,21-,23+/m1/s1. The second-order valence-electron chi connectivity index (χ2n) is 9.56. The third kappa shape index (κ3) is 5.93. The van der Waals surface area contributed by atoms with E-state index in [1.165, 1.54) is 24.8 Å². The van der Waals surface area contributed by atoms with Crippen molar-refractivity contribution in [1.29, 1.82) is 0 Å². The minimum atomic E-state index is -4.57. The van der Waals surface area contributed by atoms with Crippen LogP contribution in [0.3, 0.4) is 0 Å². The number of thioether (sulfide) groups is 1. The number of imidazole rings is 1. The van der Waals surface area contributed by atoms with Gasteiger partial charge in [0.1, 0.15) is 22.6 Å². The van der Waals surface area contributed by atoms with Gasteiger partial charge in [-0.2, -0.15) is 13.2 Å². The highest BCUT2D eigenvalue weighted by Crippen LogP contribution is 2.40. The summed E-state index contributed by atoms with van der Waals surface area (Å²) in [5.74, 6) is 5.76. The maximum Gasteiger partial charge on any atom is 0.447 e. The average molecular weight is 577 g/mol. The van der Waals surface area contributed by atoms with Gasteiger partial charge in [0.2, 0.25) is 0 Å². The summed E-state index contributed by atoms with van der Waals surface area (Å²) in [5.41, 5.74) is -3.03. The first kappa shape index (κ1) is 27.9. The molecule has 2 saturated heterocycles. The van der Waals surface area contributed by atoms with E-state index in [2.05, 4.69) is 38.1 Å². The molecule has 4 atom stereocenters. The molecule has 0 radical (unpaired) electrons. The summed E-state index contributed by atoms with van der Waals surface area (Å²) in [4.78, 5) is 16.4. The Bertz CT molecular complexity index is 1470. The number of hydrogen-bond donors (Lipinski definition) is 4. The number of piperidine rings is 1. The first-order valence-corrected chi connectivity index (χ1v) is 13.5. The minimum Gasteiger partial charge on any atom is -0.495 e. The maximum absolute atomic E-state index is 15.1. The fourth-order valence-corrected chi connectivity index (χ4v) is 5.85. The van der Waals surface area contributed by atoms with Crippen LogP contribution < -0.4 is 26.0 Å². The summed E-state index contributed by atoms with van der Waals surface area (Å²) < 4.78 is 62.2. The van der Waals surface area contributed by atoms with Crippen LogP contribution in [0, 0.1) is 11.8 Å².